The highest BCUT2D eigenvalue weighted by Gasteiger charge is 2.57. The van der Waals surface area contributed by atoms with Crippen molar-refractivity contribution in [2.24, 2.45) is 0 Å². The topological polar surface area (TPSA) is 224 Å². The van der Waals surface area contributed by atoms with Gasteiger partial charge in [0.05, 0.1) is 48.1 Å². The van der Waals surface area contributed by atoms with E-state index in [4.69, 9.17) is 52.1 Å². The molecule has 2 aliphatic heterocycles. The van der Waals surface area contributed by atoms with Crippen LogP contribution in [-0.4, -0.2) is 129 Å². The molecule has 18 nitrogen and oxygen atoms in total. The first-order valence-corrected chi connectivity index (χ1v) is 27.3. The molecule has 18 heteroatoms. The summed E-state index contributed by atoms with van der Waals surface area (Å²) >= 11 is 0. The molecule has 0 spiro atoms. The molecule has 82 heavy (non-hydrogen) atoms. The van der Waals surface area contributed by atoms with Crippen LogP contribution in [0.25, 0.3) is 0 Å². The molecule has 8 rings (SSSR count). The van der Waals surface area contributed by atoms with Gasteiger partial charge in [-0.1, -0.05) is 147 Å². The van der Waals surface area contributed by atoms with Gasteiger partial charge in [-0.05, 0) is 79.1 Å². The van der Waals surface area contributed by atoms with E-state index in [1.165, 1.54) is 55.6 Å². The molecule has 6 aromatic carbocycles. The highest BCUT2D eigenvalue weighted by atomic mass is 16.8. The maximum Gasteiger partial charge on any atom is 0.338 e. The number of benzene rings is 6. The molecule has 2 saturated heterocycles. The number of ether oxygens (including phenoxy) is 11. The summed E-state index contributed by atoms with van der Waals surface area (Å²) in [6.45, 7) is -0.826. The number of unbranched alkanes of at least 4 members (excludes halogenated alkanes) is 5. The Kier molecular flexibility index (Phi) is 22.8. The van der Waals surface area contributed by atoms with Crippen LogP contribution in [0.3, 0.4) is 0 Å². The quantitative estimate of drug-likeness (QED) is 0.0288. The lowest BCUT2D eigenvalue weighted by molar-refractivity contribution is -0.357. The number of aliphatic hydroxyl groups excluding tert-OH is 1. The van der Waals surface area contributed by atoms with E-state index in [0.29, 0.717) is 25.7 Å². The molecule has 0 bridgehead atoms. The van der Waals surface area contributed by atoms with Gasteiger partial charge in [-0.25, -0.2) is 24.0 Å². The molecule has 0 unspecified atom stereocenters. The molecule has 6 aromatic rings. The van der Waals surface area contributed by atoms with Crippen LogP contribution in [0.1, 0.15) is 102 Å². The Bertz CT molecular complexity index is 2930. The number of hydrogen-bond acceptors (Lipinski definition) is 18. The molecular formula is C64H66O18. The van der Waals surface area contributed by atoms with Gasteiger partial charge in [0, 0.05) is 13.0 Å². The van der Waals surface area contributed by atoms with Crippen molar-refractivity contribution in [2.75, 3.05) is 26.9 Å². The first kappa shape index (κ1) is 60.0. The summed E-state index contributed by atoms with van der Waals surface area (Å²) in [6, 6.07) is 49.3. The Morgan fingerprint density at radius 1 is 0.427 bits per heavy atom. The molecule has 1 N–H and O–H groups in total. The average Bonchev–Trinajstić information content (AvgIpc) is 3.31. The number of carbonyl (C=O) groups excluding carboxylic acids is 6. The third kappa shape index (κ3) is 17.2. The number of methoxy groups -OCH3 is 1. The van der Waals surface area contributed by atoms with Crippen LogP contribution in [0.5, 0.6) is 0 Å². The van der Waals surface area contributed by atoms with E-state index in [0.717, 1.165) is 24.8 Å². The summed E-state index contributed by atoms with van der Waals surface area (Å²) in [5, 5.41) is 12.3. The molecule has 2 aliphatic rings. The summed E-state index contributed by atoms with van der Waals surface area (Å²) in [5.41, 5.74) is 1.36. The van der Waals surface area contributed by atoms with Crippen LogP contribution in [-0.2, 0) is 63.5 Å². The third-order valence-corrected chi connectivity index (χ3v) is 13.6. The van der Waals surface area contributed by atoms with Crippen LogP contribution in [0.15, 0.2) is 182 Å². The van der Waals surface area contributed by atoms with Gasteiger partial charge in [0.1, 0.15) is 31.0 Å². The van der Waals surface area contributed by atoms with Gasteiger partial charge in [0.15, 0.2) is 37.0 Å². The van der Waals surface area contributed by atoms with Gasteiger partial charge in [0.25, 0.3) is 0 Å². The predicted molar refractivity (Wildman–Crippen MR) is 294 cm³/mol. The van der Waals surface area contributed by atoms with Gasteiger partial charge in [-0.3, -0.25) is 4.79 Å². The fourth-order valence-corrected chi connectivity index (χ4v) is 9.25. The highest BCUT2D eigenvalue weighted by Crippen LogP contribution is 2.36. The van der Waals surface area contributed by atoms with Crippen molar-refractivity contribution in [1.82, 2.24) is 0 Å². The van der Waals surface area contributed by atoms with Gasteiger partial charge in [-0.15, -0.1) is 0 Å². The zero-order valence-electron chi connectivity index (χ0n) is 45.3. The molecule has 0 aliphatic carbocycles. The minimum absolute atomic E-state index is 0.0495. The molecule has 0 radical (unpaired) electrons. The van der Waals surface area contributed by atoms with E-state index in [1.807, 2.05) is 30.3 Å². The Morgan fingerprint density at radius 2 is 0.829 bits per heavy atom. The molecular weight excluding hydrogens is 1060 g/mol. The van der Waals surface area contributed by atoms with E-state index >= 15 is 0 Å². The Labute approximate surface area is 475 Å². The molecule has 0 aromatic heterocycles. The third-order valence-electron chi connectivity index (χ3n) is 13.6. The van der Waals surface area contributed by atoms with Crippen LogP contribution in [0.4, 0.5) is 0 Å². The molecule has 10 atom stereocenters. The van der Waals surface area contributed by atoms with E-state index in [9.17, 15) is 33.9 Å². The molecule has 2 heterocycles. The van der Waals surface area contributed by atoms with Crippen LogP contribution in [0.2, 0.25) is 0 Å². The second-order valence-electron chi connectivity index (χ2n) is 19.4. The molecule has 2 fully saturated rings. The van der Waals surface area contributed by atoms with Crippen molar-refractivity contribution < 1.29 is 86.0 Å². The van der Waals surface area contributed by atoms with Gasteiger partial charge >= 0.3 is 35.8 Å². The van der Waals surface area contributed by atoms with Gasteiger partial charge < -0.3 is 57.2 Å². The minimum Gasteiger partial charge on any atom is -0.469 e. The number of aliphatic hydroxyl groups is 1. The maximum absolute atomic E-state index is 14.6. The lowest BCUT2D eigenvalue weighted by Gasteiger charge is -2.48. The molecule has 0 amide bonds. The smallest absolute Gasteiger partial charge is 0.338 e. The summed E-state index contributed by atoms with van der Waals surface area (Å²) in [5.74, 6) is -4.63. The highest BCUT2D eigenvalue weighted by molar-refractivity contribution is 5.92. The van der Waals surface area contributed by atoms with Gasteiger partial charge in [-0.2, -0.15) is 0 Å². The van der Waals surface area contributed by atoms with E-state index < -0.39 is 97.9 Å². The van der Waals surface area contributed by atoms with Crippen molar-refractivity contribution in [3.8, 4) is 0 Å². The Morgan fingerprint density at radius 3 is 1.32 bits per heavy atom. The van der Waals surface area contributed by atoms with Crippen LogP contribution < -0.4 is 0 Å². The second-order valence-corrected chi connectivity index (χ2v) is 19.4. The zero-order valence-corrected chi connectivity index (χ0v) is 45.3. The number of esters is 6. The summed E-state index contributed by atoms with van der Waals surface area (Å²) < 4.78 is 68.7. The standard InChI is InChI=1S/C64H66O18/c1-72-51(65)38-24-4-2-3-5-25-39-74-63-57(81-62(71)48-36-22-11-23-37-48)55(79-60(69)46-32-18-9-19-33-46)53(50(77-63)42-75-58(67)44-28-14-7-15-29-44)82-64-56(80-61(70)47-34-20-10-21-35-47)54(78-59(68)45-30-16-8-17-31-45)52(66)49(76-64)41-73-40-43-26-12-6-13-27-43/h6-23,26-37,49-50,52-57,63-64,66H,2-5,24-25,38-42H2,1H3/t49-,50-,52+,53-,54+,55+,56-,57-,63+,64+/m1/s1. The van der Waals surface area contributed by atoms with Crippen molar-refractivity contribution >= 4 is 35.8 Å². The number of hydrogen-bond donors (Lipinski definition) is 1. The summed E-state index contributed by atoms with van der Waals surface area (Å²) in [6.07, 6.45) is -12.0. The summed E-state index contributed by atoms with van der Waals surface area (Å²) in [4.78, 5) is 82.8. The molecule has 0 saturated carbocycles. The first-order valence-electron chi connectivity index (χ1n) is 27.3. The Balaban J connectivity index is 1.20. The normalized spacial score (nSPS) is 22.2. The lowest BCUT2D eigenvalue weighted by Crippen LogP contribution is -2.67. The Hall–Kier alpha value is -8.10. The van der Waals surface area contributed by atoms with Crippen molar-refractivity contribution in [1.29, 1.82) is 0 Å². The van der Waals surface area contributed by atoms with Crippen molar-refractivity contribution in [3.05, 3.63) is 215 Å². The van der Waals surface area contributed by atoms with Crippen molar-refractivity contribution in [3.63, 3.8) is 0 Å². The number of carbonyl (C=O) groups is 6. The SMILES string of the molecule is COC(=O)CCCCCCCCO[C@H]1O[C@H](COC(=O)c2ccccc2)[C@@H](O[C@@H]2O[C@H](COCc3ccccc3)[C@H](O)[C@H](OC(=O)c3ccccc3)[C@H]2OC(=O)c2ccccc2)[C@H](OC(=O)c2ccccc2)[C@H]1OC(=O)c1ccccc1. The summed E-state index contributed by atoms with van der Waals surface area (Å²) in [7, 11) is 1.36. The minimum atomic E-state index is -1.87. The second kappa shape index (κ2) is 31.2. The van der Waals surface area contributed by atoms with E-state index in [1.54, 1.807) is 103 Å². The van der Waals surface area contributed by atoms with Crippen LogP contribution in [0, 0.1) is 0 Å². The first-order chi connectivity index (χ1) is 40.1. The zero-order chi connectivity index (χ0) is 57.5. The maximum atomic E-state index is 14.6. The van der Waals surface area contributed by atoms with E-state index in [2.05, 4.69) is 0 Å². The van der Waals surface area contributed by atoms with Crippen LogP contribution >= 0.6 is 0 Å². The fourth-order valence-electron chi connectivity index (χ4n) is 9.25. The monoisotopic (exact) mass is 1120 g/mol. The molecule has 430 valence electrons. The fraction of sp³-hybridized carbons (Fsp3) is 0.344. The number of rotatable bonds is 27. The van der Waals surface area contributed by atoms with Crippen molar-refractivity contribution in [2.45, 2.75) is 113 Å². The predicted octanol–water partition coefficient (Wildman–Crippen LogP) is 9.08. The average molecular weight is 1120 g/mol. The van der Waals surface area contributed by atoms with Gasteiger partial charge in [0.2, 0.25) is 0 Å². The largest absolute Gasteiger partial charge is 0.469 e. The van der Waals surface area contributed by atoms with E-state index in [-0.39, 0.29) is 53.6 Å². The lowest BCUT2D eigenvalue weighted by atomic mass is 9.95.